The van der Waals surface area contributed by atoms with Gasteiger partial charge in [0.05, 0.1) is 21.6 Å². The molecule has 6 nitrogen and oxygen atoms in total. The summed E-state index contributed by atoms with van der Waals surface area (Å²) in [7, 11) is -3.61. The number of sulfonamides is 1. The number of carbonyl (C=O) groups excluding carboxylic acids is 1. The monoisotopic (exact) mass is 469 g/mol. The molecule has 162 valence electrons. The van der Waals surface area contributed by atoms with Gasteiger partial charge in [-0.15, -0.1) is 0 Å². The zero-order valence-corrected chi connectivity index (χ0v) is 19.5. The van der Waals surface area contributed by atoms with E-state index in [1.165, 1.54) is 16.4 Å². The first kappa shape index (κ1) is 23.0. The van der Waals surface area contributed by atoms with Crippen LogP contribution in [0.2, 0.25) is 10.0 Å². The molecule has 1 atom stereocenters. The molecule has 3 rings (SSSR count). The van der Waals surface area contributed by atoms with Crippen LogP contribution in [0.5, 0.6) is 0 Å². The Morgan fingerprint density at radius 1 is 1.07 bits per heavy atom. The maximum absolute atomic E-state index is 12.8. The fourth-order valence-electron chi connectivity index (χ4n) is 3.58. The third-order valence-corrected chi connectivity index (χ3v) is 7.74. The minimum atomic E-state index is -3.61. The van der Waals surface area contributed by atoms with E-state index in [0.717, 1.165) is 11.1 Å². The Balaban J connectivity index is 1.64. The van der Waals surface area contributed by atoms with Gasteiger partial charge in [0, 0.05) is 31.2 Å². The highest BCUT2D eigenvalue weighted by atomic mass is 35.5. The average molecular weight is 470 g/mol. The lowest BCUT2D eigenvalue weighted by Gasteiger charge is -2.36. The standard InChI is InChI=1S/C21H25Cl2N3O3S/c1-14-11-15(2)20(19(23)12-14)24-21(27)16(3)25-7-9-26(10-8-25)30(28,29)18-6-4-5-17(22)13-18/h4-6,11-13,16H,7-10H2,1-3H3,(H,24,27). The Labute approximate surface area is 187 Å². The van der Waals surface area contributed by atoms with Crippen LogP contribution < -0.4 is 5.32 Å². The van der Waals surface area contributed by atoms with Crippen molar-refractivity contribution in [2.24, 2.45) is 0 Å². The molecule has 9 heteroatoms. The Hall–Kier alpha value is -1.64. The first-order valence-corrected chi connectivity index (χ1v) is 11.9. The van der Waals surface area contributed by atoms with Crippen molar-refractivity contribution in [1.29, 1.82) is 0 Å². The van der Waals surface area contributed by atoms with Crippen LogP contribution in [-0.4, -0.2) is 55.8 Å². The zero-order valence-electron chi connectivity index (χ0n) is 17.2. The van der Waals surface area contributed by atoms with Crippen molar-refractivity contribution in [3.8, 4) is 0 Å². The Morgan fingerprint density at radius 2 is 1.73 bits per heavy atom. The van der Waals surface area contributed by atoms with Gasteiger partial charge in [0.2, 0.25) is 15.9 Å². The van der Waals surface area contributed by atoms with E-state index in [4.69, 9.17) is 23.2 Å². The average Bonchev–Trinajstić information content (AvgIpc) is 2.70. The van der Waals surface area contributed by atoms with Crippen LogP contribution in [-0.2, 0) is 14.8 Å². The predicted molar refractivity (Wildman–Crippen MR) is 121 cm³/mol. The lowest BCUT2D eigenvalue weighted by Crippen LogP contribution is -2.53. The number of benzene rings is 2. The molecule has 30 heavy (non-hydrogen) atoms. The van der Waals surface area contributed by atoms with Gasteiger partial charge >= 0.3 is 0 Å². The van der Waals surface area contributed by atoms with Crippen molar-refractivity contribution >= 4 is 44.8 Å². The van der Waals surface area contributed by atoms with Gasteiger partial charge in [-0.2, -0.15) is 4.31 Å². The Kier molecular flexibility index (Phi) is 7.09. The van der Waals surface area contributed by atoms with Crippen molar-refractivity contribution in [1.82, 2.24) is 9.21 Å². The molecule has 1 N–H and O–H groups in total. The molecular formula is C21H25Cl2N3O3S. The molecular weight excluding hydrogens is 445 g/mol. The lowest BCUT2D eigenvalue weighted by molar-refractivity contribution is -0.121. The quantitative estimate of drug-likeness (QED) is 0.719. The number of nitrogens with zero attached hydrogens (tertiary/aromatic N) is 2. The van der Waals surface area contributed by atoms with Crippen LogP contribution in [0, 0.1) is 13.8 Å². The van der Waals surface area contributed by atoms with Crippen LogP contribution in [0.4, 0.5) is 5.69 Å². The topological polar surface area (TPSA) is 69.7 Å². The van der Waals surface area contributed by atoms with Crippen LogP contribution in [0.15, 0.2) is 41.3 Å². The molecule has 0 bridgehead atoms. The fourth-order valence-corrected chi connectivity index (χ4v) is 5.67. The Bertz CT molecular complexity index is 1030. The molecule has 1 aliphatic rings. The van der Waals surface area contributed by atoms with Crippen LogP contribution in [0.1, 0.15) is 18.1 Å². The molecule has 1 unspecified atom stereocenters. The maximum Gasteiger partial charge on any atom is 0.243 e. The van der Waals surface area contributed by atoms with Gasteiger partial charge < -0.3 is 5.32 Å². The number of aryl methyl sites for hydroxylation is 2. The summed E-state index contributed by atoms with van der Waals surface area (Å²) in [6.45, 7) is 7.17. The van der Waals surface area contributed by atoms with Gasteiger partial charge in [-0.25, -0.2) is 8.42 Å². The lowest BCUT2D eigenvalue weighted by atomic mass is 10.1. The van der Waals surface area contributed by atoms with E-state index in [1.807, 2.05) is 37.8 Å². The summed E-state index contributed by atoms with van der Waals surface area (Å²) in [6.07, 6.45) is 0. The van der Waals surface area contributed by atoms with Crippen LogP contribution in [0.25, 0.3) is 0 Å². The van der Waals surface area contributed by atoms with Crippen molar-refractivity contribution in [3.05, 3.63) is 57.6 Å². The number of nitrogens with one attached hydrogen (secondary N) is 1. The minimum Gasteiger partial charge on any atom is -0.323 e. The van der Waals surface area contributed by atoms with Crippen LogP contribution >= 0.6 is 23.2 Å². The van der Waals surface area contributed by atoms with Crippen molar-refractivity contribution in [2.45, 2.75) is 31.7 Å². The number of piperazine rings is 1. The van der Waals surface area contributed by atoms with Gasteiger partial charge in [-0.1, -0.05) is 35.3 Å². The second-order valence-corrected chi connectivity index (χ2v) is 10.3. The number of rotatable bonds is 5. The molecule has 0 spiro atoms. The van der Waals surface area contributed by atoms with E-state index >= 15 is 0 Å². The first-order valence-electron chi connectivity index (χ1n) is 9.67. The summed E-state index contributed by atoms with van der Waals surface area (Å²) in [6, 6.07) is 9.61. The molecule has 0 saturated carbocycles. The van der Waals surface area contributed by atoms with E-state index in [1.54, 1.807) is 12.1 Å². The largest absolute Gasteiger partial charge is 0.323 e. The molecule has 1 aliphatic heterocycles. The highest BCUT2D eigenvalue weighted by molar-refractivity contribution is 7.89. The van der Waals surface area contributed by atoms with Crippen molar-refractivity contribution < 1.29 is 13.2 Å². The number of amides is 1. The first-order chi connectivity index (χ1) is 14.1. The highest BCUT2D eigenvalue weighted by Gasteiger charge is 2.32. The molecule has 1 heterocycles. The summed E-state index contributed by atoms with van der Waals surface area (Å²) < 4.78 is 27.1. The number of hydrogen-bond donors (Lipinski definition) is 1. The van der Waals surface area contributed by atoms with Gasteiger partial charge in [-0.05, 0) is 56.2 Å². The van der Waals surface area contributed by atoms with Crippen molar-refractivity contribution in [2.75, 3.05) is 31.5 Å². The summed E-state index contributed by atoms with van der Waals surface area (Å²) in [5.41, 5.74) is 2.54. The van der Waals surface area contributed by atoms with E-state index < -0.39 is 16.1 Å². The second kappa shape index (κ2) is 9.24. The highest BCUT2D eigenvalue weighted by Crippen LogP contribution is 2.28. The predicted octanol–water partition coefficient (Wildman–Crippen LogP) is 3.94. The van der Waals surface area contributed by atoms with Crippen LogP contribution in [0.3, 0.4) is 0 Å². The maximum atomic E-state index is 12.8. The molecule has 2 aromatic rings. The van der Waals surface area contributed by atoms with E-state index in [2.05, 4.69) is 5.32 Å². The molecule has 1 amide bonds. The number of hydrogen-bond acceptors (Lipinski definition) is 4. The van der Waals surface area contributed by atoms with E-state index in [0.29, 0.717) is 41.9 Å². The number of carbonyl (C=O) groups is 1. The summed E-state index contributed by atoms with van der Waals surface area (Å²) in [5, 5.41) is 3.80. The second-order valence-electron chi connectivity index (χ2n) is 7.50. The smallest absolute Gasteiger partial charge is 0.243 e. The third kappa shape index (κ3) is 4.98. The van der Waals surface area contributed by atoms with Crippen molar-refractivity contribution in [3.63, 3.8) is 0 Å². The Morgan fingerprint density at radius 3 is 2.33 bits per heavy atom. The molecule has 0 aliphatic carbocycles. The zero-order chi connectivity index (χ0) is 22.1. The summed E-state index contributed by atoms with van der Waals surface area (Å²) >= 11 is 12.2. The van der Waals surface area contributed by atoms with Gasteiger partial charge in [0.1, 0.15) is 0 Å². The summed E-state index contributed by atoms with van der Waals surface area (Å²) in [5.74, 6) is -0.171. The molecule has 2 aromatic carbocycles. The normalized spacial score (nSPS) is 17.0. The molecule has 0 radical (unpaired) electrons. The van der Waals surface area contributed by atoms with Gasteiger partial charge in [-0.3, -0.25) is 9.69 Å². The third-order valence-electron chi connectivity index (χ3n) is 5.31. The molecule has 0 aromatic heterocycles. The fraction of sp³-hybridized carbons (Fsp3) is 0.381. The molecule has 1 saturated heterocycles. The van der Waals surface area contributed by atoms with E-state index in [-0.39, 0.29) is 10.8 Å². The van der Waals surface area contributed by atoms with Gasteiger partial charge in [0.15, 0.2) is 0 Å². The minimum absolute atomic E-state index is 0.171. The van der Waals surface area contributed by atoms with Gasteiger partial charge in [0.25, 0.3) is 0 Å². The molecule has 1 fully saturated rings. The summed E-state index contributed by atoms with van der Waals surface area (Å²) in [4.78, 5) is 14.9. The van der Waals surface area contributed by atoms with E-state index in [9.17, 15) is 13.2 Å². The number of halogens is 2. The number of anilines is 1. The SMILES string of the molecule is Cc1cc(C)c(NC(=O)C(C)N2CCN(S(=O)(=O)c3cccc(Cl)c3)CC2)c(Cl)c1.